The van der Waals surface area contributed by atoms with Crippen molar-refractivity contribution in [2.24, 2.45) is 0 Å². The normalized spacial score (nSPS) is 11.2. The quantitative estimate of drug-likeness (QED) is 0.592. The van der Waals surface area contributed by atoms with E-state index in [4.69, 9.17) is 5.26 Å². The van der Waals surface area contributed by atoms with Crippen LogP contribution in [0.2, 0.25) is 0 Å². The third kappa shape index (κ3) is 5.67. The van der Waals surface area contributed by atoms with Crippen molar-refractivity contribution in [2.45, 2.75) is 26.4 Å². The van der Waals surface area contributed by atoms with Crippen LogP contribution in [0, 0.1) is 11.3 Å². The van der Waals surface area contributed by atoms with Crippen LogP contribution in [0.15, 0.2) is 0 Å². The van der Waals surface area contributed by atoms with Crippen molar-refractivity contribution in [1.29, 1.82) is 5.26 Å². The Bertz CT molecular complexity index is 231. The van der Waals surface area contributed by atoms with Crippen molar-refractivity contribution in [3.63, 3.8) is 0 Å². The molecule has 0 amide bonds. The lowest BCUT2D eigenvalue weighted by Crippen LogP contribution is -2.19. The number of ether oxygens (including phenoxy) is 2. The second kappa shape index (κ2) is 6.00. The molecule has 5 heteroatoms. The van der Waals surface area contributed by atoms with Gasteiger partial charge >= 0.3 is 11.9 Å². The van der Waals surface area contributed by atoms with Gasteiger partial charge in [0.2, 0.25) is 0 Å². The predicted octanol–water partition coefficient (Wildman–Crippen LogP) is 0.395. The number of nitriles is 1. The first-order valence-corrected chi connectivity index (χ1v) is 3.82. The maximum absolute atomic E-state index is 10.8. The van der Waals surface area contributed by atoms with E-state index in [1.165, 1.54) is 6.92 Å². The van der Waals surface area contributed by atoms with Crippen LogP contribution in [0.4, 0.5) is 0 Å². The molecule has 0 saturated heterocycles. The van der Waals surface area contributed by atoms with E-state index in [1.54, 1.807) is 13.0 Å². The minimum atomic E-state index is -1.04. The Morgan fingerprint density at radius 3 is 2.54 bits per heavy atom. The summed E-state index contributed by atoms with van der Waals surface area (Å²) in [5.74, 6) is -1.13. The molecule has 0 aliphatic carbocycles. The molecular weight excluding hydrogens is 174 g/mol. The van der Waals surface area contributed by atoms with Crippen LogP contribution in [0.3, 0.4) is 0 Å². The van der Waals surface area contributed by atoms with E-state index in [0.29, 0.717) is 0 Å². The van der Waals surface area contributed by atoms with Crippen LogP contribution in [0.1, 0.15) is 20.3 Å². The van der Waals surface area contributed by atoms with Crippen molar-refractivity contribution in [2.75, 3.05) is 6.61 Å². The predicted molar refractivity (Wildman–Crippen MR) is 42.4 cm³/mol. The smallest absolute Gasteiger partial charge is 0.310 e. The second-order valence-corrected chi connectivity index (χ2v) is 2.24. The van der Waals surface area contributed by atoms with Gasteiger partial charge in [-0.05, 0) is 6.92 Å². The molecular formula is C8H11NO4. The molecule has 1 atom stereocenters. The van der Waals surface area contributed by atoms with E-state index in [-0.39, 0.29) is 13.0 Å². The van der Waals surface area contributed by atoms with E-state index >= 15 is 0 Å². The van der Waals surface area contributed by atoms with Crippen LogP contribution in [0.25, 0.3) is 0 Å². The van der Waals surface area contributed by atoms with Crippen molar-refractivity contribution < 1.29 is 19.1 Å². The minimum Gasteiger partial charge on any atom is -0.466 e. The lowest BCUT2D eigenvalue weighted by atomic mass is 10.3. The third-order valence-corrected chi connectivity index (χ3v) is 1.11. The highest BCUT2D eigenvalue weighted by atomic mass is 16.6. The topological polar surface area (TPSA) is 76.4 Å². The summed E-state index contributed by atoms with van der Waals surface area (Å²) < 4.78 is 9.09. The number of esters is 2. The highest BCUT2D eigenvalue weighted by Crippen LogP contribution is 1.99. The first-order valence-electron chi connectivity index (χ1n) is 3.82. The van der Waals surface area contributed by atoms with E-state index in [0.717, 1.165) is 0 Å². The fourth-order valence-electron chi connectivity index (χ4n) is 0.685. The molecule has 0 rings (SSSR count). The van der Waals surface area contributed by atoms with Gasteiger partial charge in [0.1, 0.15) is 6.07 Å². The van der Waals surface area contributed by atoms with E-state index < -0.39 is 18.0 Å². The molecule has 0 radical (unpaired) electrons. The van der Waals surface area contributed by atoms with Gasteiger partial charge in [0, 0.05) is 6.92 Å². The fraction of sp³-hybridized carbons (Fsp3) is 0.625. The lowest BCUT2D eigenvalue weighted by Gasteiger charge is -2.07. The Hall–Kier alpha value is -1.57. The maximum Gasteiger partial charge on any atom is 0.310 e. The molecule has 0 aromatic rings. The van der Waals surface area contributed by atoms with Crippen LogP contribution in [0.5, 0.6) is 0 Å². The van der Waals surface area contributed by atoms with Crippen molar-refractivity contribution in [1.82, 2.24) is 0 Å². The number of hydrogen-bond acceptors (Lipinski definition) is 5. The zero-order chi connectivity index (χ0) is 10.3. The van der Waals surface area contributed by atoms with Gasteiger partial charge in [0.05, 0.1) is 13.0 Å². The summed E-state index contributed by atoms with van der Waals surface area (Å²) >= 11 is 0. The van der Waals surface area contributed by atoms with Gasteiger partial charge in [-0.2, -0.15) is 5.26 Å². The van der Waals surface area contributed by atoms with Crippen LogP contribution in [-0.4, -0.2) is 24.6 Å². The molecule has 0 N–H and O–H groups in total. The van der Waals surface area contributed by atoms with E-state index in [1.807, 2.05) is 0 Å². The highest BCUT2D eigenvalue weighted by molar-refractivity contribution is 5.72. The Balaban J connectivity index is 3.92. The van der Waals surface area contributed by atoms with Crippen molar-refractivity contribution in [3.05, 3.63) is 0 Å². The SMILES string of the molecule is CCOC(=O)C[C@H](C#N)OC(C)=O. The first-order chi connectivity index (χ1) is 6.10. The summed E-state index contributed by atoms with van der Waals surface area (Å²) in [7, 11) is 0. The molecule has 0 aliphatic heterocycles. The van der Waals surface area contributed by atoms with E-state index in [9.17, 15) is 9.59 Å². The van der Waals surface area contributed by atoms with Gasteiger partial charge in [-0.1, -0.05) is 0 Å². The summed E-state index contributed by atoms with van der Waals surface area (Å²) in [6.45, 7) is 3.08. The van der Waals surface area contributed by atoms with Gasteiger partial charge in [-0.25, -0.2) is 0 Å². The van der Waals surface area contributed by atoms with Crippen LogP contribution in [-0.2, 0) is 19.1 Å². The molecule has 0 aromatic carbocycles. The van der Waals surface area contributed by atoms with Gasteiger partial charge in [-0.15, -0.1) is 0 Å². The molecule has 5 nitrogen and oxygen atoms in total. The number of carbonyl (C=O) groups is 2. The molecule has 0 fully saturated rings. The standard InChI is InChI=1S/C8H11NO4/c1-3-12-8(11)4-7(5-9)13-6(2)10/h7H,3-4H2,1-2H3/t7-/m1/s1. The van der Waals surface area contributed by atoms with Gasteiger partial charge in [0.15, 0.2) is 6.10 Å². The summed E-state index contributed by atoms with van der Waals surface area (Å²) in [6, 6.07) is 1.68. The zero-order valence-corrected chi connectivity index (χ0v) is 7.57. The Labute approximate surface area is 76.2 Å². The molecule has 0 spiro atoms. The third-order valence-electron chi connectivity index (χ3n) is 1.11. The van der Waals surface area contributed by atoms with Crippen LogP contribution >= 0.6 is 0 Å². The molecule has 13 heavy (non-hydrogen) atoms. The molecule has 0 aromatic heterocycles. The van der Waals surface area contributed by atoms with Crippen molar-refractivity contribution >= 4 is 11.9 Å². The molecule has 0 bridgehead atoms. The van der Waals surface area contributed by atoms with Gasteiger partial charge in [-0.3, -0.25) is 9.59 Å². The number of carbonyl (C=O) groups excluding carboxylic acids is 2. The average molecular weight is 185 g/mol. The summed E-state index contributed by atoms with van der Waals surface area (Å²) in [4.78, 5) is 21.3. The molecule has 0 heterocycles. The number of rotatable bonds is 4. The fourth-order valence-corrected chi connectivity index (χ4v) is 0.685. The Morgan fingerprint density at radius 1 is 1.54 bits per heavy atom. The Morgan fingerprint density at radius 2 is 2.15 bits per heavy atom. The largest absolute Gasteiger partial charge is 0.466 e. The summed E-state index contributed by atoms with van der Waals surface area (Å²) in [5, 5.41) is 8.46. The summed E-state index contributed by atoms with van der Waals surface area (Å²) in [5.41, 5.74) is 0. The lowest BCUT2D eigenvalue weighted by molar-refractivity contribution is -0.150. The maximum atomic E-state index is 10.8. The van der Waals surface area contributed by atoms with Gasteiger partial charge < -0.3 is 9.47 Å². The van der Waals surface area contributed by atoms with Gasteiger partial charge in [0.25, 0.3) is 0 Å². The number of nitrogens with zero attached hydrogens (tertiary/aromatic N) is 1. The van der Waals surface area contributed by atoms with E-state index in [2.05, 4.69) is 9.47 Å². The first kappa shape index (κ1) is 11.4. The molecule has 0 unspecified atom stereocenters. The summed E-state index contributed by atoms with van der Waals surface area (Å²) in [6.07, 6.45) is -1.26. The second-order valence-electron chi connectivity index (χ2n) is 2.24. The molecule has 0 saturated carbocycles. The Kier molecular flexibility index (Phi) is 5.28. The zero-order valence-electron chi connectivity index (χ0n) is 7.57. The van der Waals surface area contributed by atoms with Crippen molar-refractivity contribution in [3.8, 4) is 6.07 Å². The molecule has 0 aliphatic rings. The highest BCUT2D eigenvalue weighted by Gasteiger charge is 2.16. The average Bonchev–Trinajstić information content (AvgIpc) is 2.02. The van der Waals surface area contributed by atoms with Crippen LogP contribution < -0.4 is 0 Å². The molecule has 72 valence electrons. The number of hydrogen-bond donors (Lipinski definition) is 0. The monoisotopic (exact) mass is 185 g/mol. The minimum absolute atomic E-state index is 0.218.